The van der Waals surface area contributed by atoms with Crippen molar-refractivity contribution in [2.75, 3.05) is 0 Å². The van der Waals surface area contributed by atoms with Crippen LogP contribution in [0.1, 0.15) is 20.9 Å². The highest BCUT2D eigenvalue weighted by Crippen LogP contribution is 2.20. The fraction of sp³-hybridized carbons (Fsp3) is 0.286. The first-order valence-electron chi connectivity index (χ1n) is 6.06. The molecule has 0 bridgehead atoms. The lowest BCUT2D eigenvalue weighted by Gasteiger charge is -2.03. The predicted molar refractivity (Wildman–Crippen MR) is 77.4 cm³/mol. The van der Waals surface area contributed by atoms with Crippen molar-refractivity contribution in [3.8, 4) is 0 Å². The quantitative estimate of drug-likeness (QED) is 0.671. The van der Waals surface area contributed by atoms with Crippen molar-refractivity contribution < 1.29 is 4.92 Å². The molecule has 2 aromatic rings. The van der Waals surface area contributed by atoms with Crippen molar-refractivity contribution >= 4 is 17.0 Å². The molecule has 0 aliphatic rings. The average molecular weight is 276 g/mol. The van der Waals surface area contributed by atoms with E-state index in [4.69, 9.17) is 0 Å². The number of nitro benzene ring substituents is 1. The van der Waals surface area contributed by atoms with Gasteiger partial charge < -0.3 is 5.32 Å². The molecular weight excluding hydrogens is 260 g/mol. The SMILES string of the molecule is Cc1cc(CNCc2ccc([N+](=O)[O-])cc2)sc1C. The minimum absolute atomic E-state index is 0.133. The molecule has 19 heavy (non-hydrogen) atoms. The summed E-state index contributed by atoms with van der Waals surface area (Å²) in [5.74, 6) is 0. The van der Waals surface area contributed by atoms with Gasteiger partial charge in [0.1, 0.15) is 0 Å². The van der Waals surface area contributed by atoms with Gasteiger partial charge >= 0.3 is 0 Å². The van der Waals surface area contributed by atoms with Gasteiger partial charge in [-0.25, -0.2) is 0 Å². The van der Waals surface area contributed by atoms with Crippen molar-refractivity contribution in [2.45, 2.75) is 26.9 Å². The lowest BCUT2D eigenvalue weighted by atomic mass is 10.2. The van der Waals surface area contributed by atoms with Crippen LogP contribution >= 0.6 is 11.3 Å². The molecule has 0 saturated carbocycles. The second kappa shape index (κ2) is 5.95. The van der Waals surface area contributed by atoms with Crippen LogP contribution in [0.3, 0.4) is 0 Å². The summed E-state index contributed by atoms with van der Waals surface area (Å²) in [5, 5.41) is 13.9. The summed E-state index contributed by atoms with van der Waals surface area (Å²) in [5.41, 5.74) is 2.51. The van der Waals surface area contributed by atoms with E-state index in [1.165, 1.54) is 27.5 Å². The maximum Gasteiger partial charge on any atom is 0.269 e. The van der Waals surface area contributed by atoms with Crippen molar-refractivity contribution in [1.29, 1.82) is 0 Å². The van der Waals surface area contributed by atoms with E-state index in [0.717, 1.165) is 12.1 Å². The number of hydrogen-bond acceptors (Lipinski definition) is 4. The zero-order valence-electron chi connectivity index (χ0n) is 11.0. The van der Waals surface area contributed by atoms with E-state index < -0.39 is 0 Å². The number of thiophene rings is 1. The molecule has 1 N–H and O–H groups in total. The van der Waals surface area contributed by atoms with Gasteiger partial charge in [0.05, 0.1) is 4.92 Å². The first-order chi connectivity index (χ1) is 9.06. The standard InChI is InChI=1S/C14H16N2O2S/c1-10-7-14(19-11(10)2)9-15-8-12-3-5-13(6-4-12)16(17)18/h3-7,15H,8-9H2,1-2H3. The van der Waals surface area contributed by atoms with Crippen LogP contribution in [-0.2, 0) is 13.1 Å². The van der Waals surface area contributed by atoms with Crippen LogP contribution in [0.5, 0.6) is 0 Å². The topological polar surface area (TPSA) is 55.2 Å². The molecule has 1 aromatic heterocycles. The minimum atomic E-state index is -0.381. The fourth-order valence-electron chi connectivity index (χ4n) is 1.80. The molecule has 0 aliphatic heterocycles. The Hall–Kier alpha value is -1.72. The summed E-state index contributed by atoms with van der Waals surface area (Å²) < 4.78 is 0. The molecular formula is C14H16N2O2S. The van der Waals surface area contributed by atoms with Gasteiger partial charge in [0.25, 0.3) is 5.69 Å². The number of non-ortho nitro benzene ring substituents is 1. The number of nitro groups is 1. The van der Waals surface area contributed by atoms with Crippen molar-refractivity contribution in [3.05, 3.63) is 61.3 Å². The number of nitrogens with zero attached hydrogens (tertiary/aromatic N) is 1. The molecule has 4 nitrogen and oxygen atoms in total. The summed E-state index contributed by atoms with van der Waals surface area (Å²) in [6.07, 6.45) is 0. The Morgan fingerprint density at radius 2 is 1.89 bits per heavy atom. The molecule has 1 heterocycles. The van der Waals surface area contributed by atoms with E-state index in [0.29, 0.717) is 6.54 Å². The highest BCUT2D eigenvalue weighted by Gasteiger charge is 2.04. The summed E-state index contributed by atoms with van der Waals surface area (Å²) in [4.78, 5) is 12.8. The predicted octanol–water partition coefficient (Wildman–Crippen LogP) is 3.56. The van der Waals surface area contributed by atoms with Gasteiger partial charge in [-0.2, -0.15) is 0 Å². The summed E-state index contributed by atoms with van der Waals surface area (Å²) in [6, 6.07) is 8.85. The van der Waals surface area contributed by atoms with Crippen LogP contribution in [-0.4, -0.2) is 4.92 Å². The van der Waals surface area contributed by atoms with Crippen molar-refractivity contribution in [3.63, 3.8) is 0 Å². The number of rotatable bonds is 5. The zero-order valence-corrected chi connectivity index (χ0v) is 11.8. The molecule has 100 valence electrons. The smallest absolute Gasteiger partial charge is 0.269 e. The second-order valence-corrected chi connectivity index (χ2v) is 5.82. The van der Waals surface area contributed by atoms with E-state index in [9.17, 15) is 10.1 Å². The van der Waals surface area contributed by atoms with Crippen LogP contribution in [0.2, 0.25) is 0 Å². The van der Waals surface area contributed by atoms with Gasteiger partial charge in [0, 0.05) is 35.0 Å². The Morgan fingerprint density at radius 1 is 1.21 bits per heavy atom. The lowest BCUT2D eigenvalue weighted by Crippen LogP contribution is -2.11. The van der Waals surface area contributed by atoms with Crippen LogP contribution < -0.4 is 5.32 Å². The average Bonchev–Trinajstić information content (AvgIpc) is 2.69. The highest BCUT2D eigenvalue weighted by atomic mass is 32.1. The number of hydrogen-bond donors (Lipinski definition) is 1. The Bertz CT molecular complexity index is 556. The molecule has 0 spiro atoms. The monoisotopic (exact) mass is 276 g/mol. The minimum Gasteiger partial charge on any atom is -0.308 e. The number of aryl methyl sites for hydroxylation is 2. The Labute approximate surface area is 116 Å². The molecule has 5 heteroatoms. The molecule has 0 atom stereocenters. The number of nitrogens with one attached hydrogen (secondary N) is 1. The first kappa shape index (κ1) is 13.7. The van der Waals surface area contributed by atoms with Gasteiger partial charge in [-0.05, 0) is 31.0 Å². The largest absolute Gasteiger partial charge is 0.308 e. The van der Waals surface area contributed by atoms with Gasteiger partial charge in [0.15, 0.2) is 0 Å². The third-order valence-electron chi connectivity index (χ3n) is 2.99. The Balaban J connectivity index is 1.87. The van der Waals surface area contributed by atoms with Gasteiger partial charge in [-0.15, -0.1) is 11.3 Å². The molecule has 0 aliphatic carbocycles. The lowest BCUT2D eigenvalue weighted by molar-refractivity contribution is -0.384. The van der Waals surface area contributed by atoms with Gasteiger partial charge in [-0.3, -0.25) is 10.1 Å². The molecule has 0 saturated heterocycles. The normalized spacial score (nSPS) is 10.6. The fourth-order valence-corrected chi connectivity index (χ4v) is 2.83. The first-order valence-corrected chi connectivity index (χ1v) is 6.88. The summed E-state index contributed by atoms with van der Waals surface area (Å²) in [7, 11) is 0. The Kier molecular flexibility index (Phi) is 4.29. The van der Waals surface area contributed by atoms with Crippen LogP contribution in [0.25, 0.3) is 0 Å². The maximum atomic E-state index is 10.5. The van der Waals surface area contributed by atoms with Crippen molar-refractivity contribution in [2.24, 2.45) is 0 Å². The van der Waals surface area contributed by atoms with E-state index in [-0.39, 0.29) is 10.6 Å². The highest BCUT2D eigenvalue weighted by molar-refractivity contribution is 7.12. The number of benzene rings is 1. The summed E-state index contributed by atoms with van der Waals surface area (Å²) in [6.45, 7) is 5.79. The molecule has 2 rings (SSSR count). The van der Waals surface area contributed by atoms with E-state index >= 15 is 0 Å². The second-order valence-electron chi connectivity index (χ2n) is 4.48. The third-order valence-corrected chi connectivity index (χ3v) is 4.15. The molecule has 0 fully saturated rings. The van der Waals surface area contributed by atoms with Gasteiger partial charge in [0.2, 0.25) is 0 Å². The van der Waals surface area contributed by atoms with E-state index in [1.807, 2.05) is 0 Å². The molecule has 0 amide bonds. The van der Waals surface area contributed by atoms with E-state index in [2.05, 4.69) is 25.2 Å². The van der Waals surface area contributed by atoms with Crippen molar-refractivity contribution in [1.82, 2.24) is 5.32 Å². The molecule has 0 unspecified atom stereocenters. The van der Waals surface area contributed by atoms with Crippen LogP contribution in [0.4, 0.5) is 5.69 Å². The summed E-state index contributed by atoms with van der Waals surface area (Å²) >= 11 is 1.80. The zero-order chi connectivity index (χ0) is 13.8. The van der Waals surface area contributed by atoms with E-state index in [1.54, 1.807) is 23.5 Å². The van der Waals surface area contributed by atoms with Crippen LogP contribution in [0.15, 0.2) is 30.3 Å². The molecule has 1 aromatic carbocycles. The Morgan fingerprint density at radius 3 is 2.42 bits per heavy atom. The third kappa shape index (κ3) is 3.62. The molecule has 0 radical (unpaired) electrons. The van der Waals surface area contributed by atoms with Crippen LogP contribution in [0, 0.1) is 24.0 Å². The van der Waals surface area contributed by atoms with Gasteiger partial charge in [-0.1, -0.05) is 12.1 Å². The maximum absolute atomic E-state index is 10.5.